The molecule has 2 aromatic rings. The zero-order valence-electron chi connectivity index (χ0n) is 11.4. The highest BCUT2D eigenvalue weighted by Gasteiger charge is 2.01. The van der Waals surface area contributed by atoms with E-state index in [1.54, 1.807) is 0 Å². The van der Waals surface area contributed by atoms with Crippen LogP contribution in [0.25, 0.3) is 0 Å². The largest absolute Gasteiger partial charge is 0.508 e. The molecule has 0 radical (unpaired) electrons. The molecule has 0 spiro atoms. The molecule has 2 aromatic carbocycles. The summed E-state index contributed by atoms with van der Waals surface area (Å²) in [5.74, 6) is 0.294. The highest BCUT2D eigenvalue weighted by molar-refractivity contribution is 5.48. The summed E-state index contributed by atoms with van der Waals surface area (Å²) in [6.45, 7) is 3.17. The first-order valence-corrected chi connectivity index (χ1v) is 6.62. The summed E-state index contributed by atoms with van der Waals surface area (Å²) in [6.07, 6.45) is 0.959. The third-order valence-corrected chi connectivity index (χ3v) is 2.75. The number of ether oxygens (including phenoxy) is 1. The van der Waals surface area contributed by atoms with Gasteiger partial charge in [0.2, 0.25) is 0 Å². The number of nitrogens with one attached hydrogen (secondary N) is 1. The molecule has 0 unspecified atom stereocenters. The van der Waals surface area contributed by atoms with Gasteiger partial charge in [0.05, 0.1) is 6.61 Å². The van der Waals surface area contributed by atoms with Crippen LogP contribution in [0.3, 0.4) is 0 Å². The molecule has 0 heterocycles. The van der Waals surface area contributed by atoms with E-state index in [-0.39, 0.29) is 5.75 Å². The standard InChI is InChI=1S/C16H18FNO2/c1-2-6-20-16-5-3-4-14(10-16)18-11-12-7-13(17)9-15(19)8-12/h3-5,7-10,18-19H,2,6,11H2,1H3. The van der Waals surface area contributed by atoms with Crippen molar-refractivity contribution in [1.82, 2.24) is 0 Å². The van der Waals surface area contributed by atoms with Crippen molar-refractivity contribution in [2.75, 3.05) is 11.9 Å². The zero-order chi connectivity index (χ0) is 14.4. The third kappa shape index (κ3) is 4.16. The van der Waals surface area contributed by atoms with Crippen molar-refractivity contribution in [2.45, 2.75) is 19.9 Å². The van der Waals surface area contributed by atoms with Gasteiger partial charge in [-0.1, -0.05) is 13.0 Å². The second-order valence-electron chi connectivity index (χ2n) is 4.55. The molecule has 0 aromatic heterocycles. The lowest BCUT2D eigenvalue weighted by Crippen LogP contribution is -2.01. The highest BCUT2D eigenvalue weighted by atomic mass is 19.1. The molecule has 106 valence electrons. The Kier molecular flexibility index (Phi) is 4.82. The second kappa shape index (κ2) is 6.80. The lowest BCUT2D eigenvalue weighted by molar-refractivity contribution is 0.317. The molecule has 0 fully saturated rings. The summed E-state index contributed by atoms with van der Waals surface area (Å²) in [5.41, 5.74) is 1.57. The Morgan fingerprint density at radius 1 is 1.20 bits per heavy atom. The van der Waals surface area contributed by atoms with Crippen molar-refractivity contribution in [2.24, 2.45) is 0 Å². The highest BCUT2D eigenvalue weighted by Crippen LogP contribution is 2.20. The van der Waals surface area contributed by atoms with Crippen molar-refractivity contribution in [3.8, 4) is 11.5 Å². The minimum atomic E-state index is -0.443. The molecule has 0 bridgehead atoms. The van der Waals surface area contributed by atoms with Gasteiger partial charge in [-0.3, -0.25) is 0 Å². The van der Waals surface area contributed by atoms with E-state index >= 15 is 0 Å². The average Bonchev–Trinajstić information content (AvgIpc) is 2.42. The van der Waals surface area contributed by atoms with Crippen molar-refractivity contribution >= 4 is 5.69 Å². The summed E-state index contributed by atoms with van der Waals surface area (Å²) in [5, 5.41) is 12.5. The fraction of sp³-hybridized carbons (Fsp3) is 0.250. The SMILES string of the molecule is CCCOc1cccc(NCc2cc(O)cc(F)c2)c1. The van der Waals surface area contributed by atoms with Crippen LogP contribution in [0, 0.1) is 5.82 Å². The zero-order valence-corrected chi connectivity index (χ0v) is 11.4. The monoisotopic (exact) mass is 275 g/mol. The van der Waals surface area contributed by atoms with Crippen molar-refractivity contribution in [3.63, 3.8) is 0 Å². The minimum absolute atomic E-state index is 0.0678. The Balaban J connectivity index is 1.99. The van der Waals surface area contributed by atoms with Gasteiger partial charge >= 0.3 is 0 Å². The first-order valence-electron chi connectivity index (χ1n) is 6.62. The minimum Gasteiger partial charge on any atom is -0.508 e. The van der Waals surface area contributed by atoms with Gasteiger partial charge in [0.1, 0.15) is 17.3 Å². The van der Waals surface area contributed by atoms with E-state index < -0.39 is 5.82 Å². The van der Waals surface area contributed by atoms with Gasteiger partial charge in [0.25, 0.3) is 0 Å². The number of anilines is 1. The molecule has 2 rings (SSSR count). The second-order valence-corrected chi connectivity index (χ2v) is 4.55. The molecule has 0 saturated carbocycles. The fourth-order valence-corrected chi connectivity index (χ4v) is 1.86. The molecule has 0 aliphatic rings. The molecule has 0 aliphatic heterocycles. The molecule has 0 atom stereocenters. The van der Waals surface area contributed by atoms with Crippen molar-refractivity contribution in [3.05, 3.63) is 53.8 Å². The normalized spacial score (nSPS) is 10.3. The predicted molar refractivity (Wildman–Crippen MR) is 77.6 cm³/mol. The quantitative estimate of drug-likeness (QED) is 0.839. The van der Waals surface area contributed by atoms with Gasteiger partial charge in [-0.2, -0.15) is 0 Å². The smallest absolute Gasteiger partial charge is 0.127 e. The maximum atomic E-state index is 13.1. The van der Waals surface area contributed by atoms with Crippen LogP contribution in [0.5, 0.6) is 11.5 Å². The van der Waals surface area contributed by atoms with Gasteiger partial charge in [-0.05, 0) is 36.2 Å². The van der Waals surface area contributed by atoms with Gasteiger partial charge in [-0.25, -0.2) is 4.39 Å². The topological polar surface area (TPSA) is 41.5 Å². The summed E-state index contributed by atoms with van der Waals surface area (Å²) >= 11 is 0. The van der Waals surface area contributed by atoms with Gasteiger partial charge in [0, 0.05) is 24.4 Å². The van der Waals surface area contributed by atoms with Crippen molar-refractivity contribution < 1.29 is 14.2 Å². The van der Waals surface area contributed by atoms with Crippen LogP contribution in [-0.4, -0.2) is 11.7 Å². The van der Waals surface area contributed by atoms with E-state index in [9.17, 15) is 9.50 Å². The number of phenols is 1. The summed E-state index contributed by atoms with van der Waals surface area (Å²) in [7, 11) is 0. The van der Waals surface area contributed by atoms with Crippen molar-refractivity contribution in [1.29, 1.82) is 0 Å². The fourth-order valence-electron chi connectivity index (χ4n) is 1.86. The summed E-state index contributed by atoms with van der Waals surface area (Å²) in [4.78, 5) is 0. The average molecular weight is 275 g/mol. The maximum absolute atomic E-state index is 13.1. The Labute approximate surface area is 118 Å². The third-order valence-electron chi connectivity index (χ3n) is 2.75. The van der Waals surface area contributed by atoms with E-state index in [0.717, 1.165) is 23.9 Å². The Morgan fingerprint density at radius 3 is 2.80 bits per heavy atom. The first kappa shape index (κ1) is 14.2. The number of aromatic hydroxyl groups is 1. The van der Waals surface area contributed by atoms with E-state index in [2.05, 4.69) is 12.2 Å². The van der Waals surface area contributed by atoms with E-state index in [1.165, 1.54) is 12.1 Å². The van der Waals surface area contributed by atoms with E-state index in [1.807, 2.05) is 24.3 Å². The molecule has 0 saturated heterocycles. The van der Waals surface area contributed by atoms with E-state index in [0.29, 0.717) is 18.7 Å². The molecule has 4 heteroatoms. The number of hydrogen-bond acceptors (Lipinski definition) is 3. The predicted octanol–water partition coefficient (Wildman–Crippen LogP) is 3.93. The van der Waals surface area contributed by atoms with Crippen LogP contribution >= 0.6 is 0 Å². The summed E-state index contributed by atoms with van der Waals surface area (Å²) < 4.78 is 18.7. The van der Waals surface area contributed by atoms with E-state index in [4.69, 9.17) is 4.74 Å². The lowest BCUT2D eigenvalue weighted by Gasteiger charge is -2.10. The number of hydrogen-bond donors (Lipinski definition) is 2. The summed E-state index contributed by atoms with van der Waals surface area (Å²) in [6, 6.07) is 11.6. The lowest BCUT2D eigenvalue weighted by atomic mass is 10.2. The van der Waals surface area contributed by atoms with Crippen LogP contribution in [-0.2, 0) is 6.54 Å². The number of phenolic OH excluding ortho intramolecular Hbond substituents is 1. The van der Waals surface area contributed by atoms with Crippen LogP contribution in [0.2, 0.25) is 0 Å². The van der Waals surface area contributed by atoms with Crippen LogP contribution in [0.4, 0.5) is 10.1 Å². The molecule has 3 nitrogen and oxygen atoms in total. The maximum Gasteiger partial charge on any atom is 0.127 e. The van der Waals surface area contributed by atoms with Gasteiger partial charge in [0.15, 0.2) is 0 Å². The van der Waals surface area contributed by atoms with Crippen LogP contribution < -0.4 is 10.1 Å². The molecule has 20 heavy (non-hydrogen) atoms. The first-order chi connectivity index (χ1) is 9.67. The van der Waals surface area contributed by atoms with Crippen LogP contribution in [0.1, 0.15) is 18.9 Å². The van der Waals surface area contributed by atoms with Gasteiger partial charge in [-0.15, -0.1) is 0 Å². The molecule has 0 amide bonds. The Morgan fingerprint density at radius 2 is 2.05 bits per heavy atom. The number of benzene rings is 2. The molecule has 0 aliphatic carbocycles. The molecule has 2 N–H and O–H groups in total. The molecular weight excluding hydrogens is 257 g/mol. The van der Waals surface area contributed by atoms with Gasteiger partial charge < -0.3 is 15.2 Å². The van der Waals surface area contributed by atoms with Crippen LogP contribution in [0.15, 0.2) is 42.5 Å². The number of halogens is 1. The molecular formula is C16H18FNO2. The Bertz CT molecular complexity index is 552. The Hall–Kier alpha value is -2.23. The number of rotatable bonds is 6.